The van der Waals surface area contributed by atoms with E-state index in [1.165, 1.54) is 0 Å². The molecule has 3 aromatic carbocycles. The molecule has 0 aliphatic carbocycles. The zero-order valence-electron chi connectivity index (χ0n) is 14.3. The van der Waals surface area contributed by atoms with Crippen molar-refractivity contribution in [2.45, 2.75) is 0 Å². The molecule has 0 atom stereocenters. The van der Waals surface area contributed by atoms with E-state index in [9.17, 15) is 9.90 Å². The third-order valence-corrected chi connectivity index (χ3v) is 4.62. The van der Waals surface area contributed by atoms with Gasteiger partial charge in [-0.15, -0.1) is 0 Å². The lowest BCUT2D eigenvalue weighted by atomic mass is 10.1. The van der Waals surface area contributed by atoms with Gasteiger partial charge in [-0.05, 0) is 47.5 Å². The summed E-state index contributed by atoms with van der Waals surface area (Å²) < 4.78 is 0. The van der Waals surface area contributed by atoms with Crippen molar-refractivity contribution in [2.24, 2.45) is 0 Å². The zero-order valence-corrected chi connectivity index (χ0v) is 15.1. The number of anilines is 1. The van der Waals surface area contributed by atoms with E-state index < -0.39 is 0 Å². The van der Waals surface area contributed by atoms with Gasteiger partial charge < -0.3 is 5.11 Å². The fourth-order valence-electron chi connectivity index (χ4n) is 3.07. The number of para-hydroxylation sites is 2. The van der Waals surface area contributed by atoms with Crippen molar-refractivity contribution in [1.82, 2.24) is 0 Å². The Morgan fingerprint density at radius 3 is 2.22 bits per heavy atom. The Labute approximate surface area is 162 Å². The standard InChI is InChI=1S/C23H16ClNO2/c24-19-12-10-16(11-13-19)14-18-15-21(17-6-2-1-3-7-17)25(23(18)27)20-8-4-5-9-22(20)26/h1-15,26H. The van der Waals surface area contributed by atoms with E-state index in [4.69, 9.17) is 11.6 Å². The lowest BCUT2D eigenvalue weighted by Crippen LogP contribution is -2.25. The van der Waals surface area contributed by atoms with E-state index in [-0.39, 0.29) is 11.7 Å². The van der Waals surface area contributed by atoms with Crippen LogP contribution < -0.4 is 4.90 Å². The maximum Gasteiger partial charge on any atom is 0.263 e. The first-order valence-corrected chi connectivity index (χ1v) is 8.88. The summed E-state index contributed by atoms with van der Waals surface area (Å²) in [7, 11) is 0. The normalized spacial score (nSPS) is 15.3. The number of rotatable bonds is 3. The minimum absolute atomic E-state index is 0.0559. The topological polar surface area (TPSA) is 40.5 Å². The molecule has 0 unspecified atom stereocenters. The third kappa shape index (κ3) is 3.37. The van der Waals surface area contributed by atoms with E-state index in [1.807, 2.05) is 54.6 Å². The van der Waals surface area contributed by atoms with Gasteiger partial charge in [0.2, 0.25) is 0 Å². The molecule has 3 nitrogen and oxygen atoms in total. The summed E-state index contributed by atoms with van der Waals surface area (Å²) in [4.78, 5) is 14.7. The van der Waals surface area contributed by atoms with Gasteiger partial charge in [-0.2, -0.15) is 0 Å². The first kappa shape index (κ1) is 17.1. The molecule has 1 aliphatic heterocycles. The average Bonchev–Trinajstić information content (AvgIpc) is 3.01. The summed E-state index contributed by atoms with van der Waals surface area (Å²) in [6.07, 6.45) is 3.67. The molecule has 132 valence electrons. The smallest absolute Gasteiger partial charge is 0.263 e. The molecule has 0 fully saturated rings. The molecule has 4 heteroatoms. The maximum absolute atomic E-state index is 13.2. The van der Waals surface area contributed by atoms with E-state index in [1.54, 1.807) is 41.3 Å². The number of carbonyl (C=O) groups is 1. The fraction of sp³-hybridized carbons (Fsp3) is 0. The minimum Gasteiger partial charge on any atom is -0.506 e. The Kier molecular flexibility index (Phi) is 4.53. The zero-order chi connectivity index (χ0) is 18.8. The highest BCUT2D eigenvalue weighted by Crippen LogP contribution is 2.39. The number of carbonyl (C=O) groups excluding carboxylic acids is 1. The van der Waals surface area contributed by atoms with Gasteiger partial charge in [-0.25, -0.2) is 0 Å². The maximum atomic E-state index is 13.2. The van der Waals surface area contributed by atoms with Gasteiger partial charge in [0.05, 0.1) is 11.4 Å². The predicted molar refractivity (Wildman–Crippen MR) is 109 cm³/mol. The van der Waals surface area contributed by atoms with Crippen molar-refractivity contribution in [3.8, 4) is 5.75 Å². The number of benzene rings is 3. The summed E-state index contributed by atoms with van der Waals surface area (Å²) >= 11 is 5.95. The van der Waals surface area contributed by atoms with Gasteiger partial charge in [0.15, 0.2) is 0 Å². The van der Waals surface area contributed by atoms with Gasteiger partial charge in [0, 0.05) is 10.6 Å². The molecule has 0 saturated carbocycles. The molecule has 3 aromatic rings. The summed E-state index contributed by atoms with van der Waals surface area (Å²) in [6, 6.07) is 23.8. The summed E-state index contributed by atoms with van der Waals surface area (Å²) in [6.45, 7) is 0. The number of amides is 1. The first-order chi connectivity index (χ1) is 13.1. The van der Waals surface area contributed by atoms with Gasteiger partial charge in [-0.3, -0.25) is 9.69 Å². The van der Waals surface area contributed by atoms with Crippen LogP contribution >= 0.6 is 11.6 Å². The van der Waals surface area contributed by atoms with Crippen LogP contribution in [0.5, 0.6) is 5.75 Å². The van der Waals surface area contributed by atoms with Crippen molar-refractivity contribution in [2.75, 3.05) is 4.90 Å². The predicted octanol–water partition coefficient (Wildman–Crippen LogP) is 5.52. The highest BCUT2D eigenvalue weighted by Gasteiger charge is 2.31. The van der Waals surface area contributed by atoms with E-state index >= 15 is 0 Å². The summed E-state index contributed by atoms with van der Waals surface area (Å²) in [5.41, 5.74) is 3.50. The number of phenols is 1. The van der Waals surface area contributed by atoms with Crippen molar-refractivity contribution >= 4 is 35.0 Å². The molecule has 1 N–H and O–H groups in total. The molecule has 0 aromatic heterocycles. The first-order valence-electron chi connectivity index (χ1n) is 8.50. The second-order valence-electron chi connectivity index (χ2n) is 6.18. The molecular formula is C23H16ClNO2. The molecule has 1 aliphatic rings. The van der Waals surface area contributed by atoms with Crippen LogP contribution in [0.4, 0.5) is 5.69 Å². The Balaban J connectivity index is 1.84. The van der Waals surface area contributed by atoms with Crippen LogP contribution in [-0.2, 0) is 4.79 Å². The lowest BCUT2D eigenvalue weighted by Gasteiger charge is -2.21. The number of nitrogens with zero attached hydrogens (tertiary/aromatic N) is 1. The second-order valence-corrected chi connectivity index (χ2v) is 6.61. The number of hydrogen-bond acceptors (Lipinski definition) is 2. The Bertz CT molecular complexity index is 1050. The highest BCUT2D eigenvalue weighted by atomic mass is 35.5. The highest BCUT2D eigenvalue weighted by molar-refractivity contribution is 6.30. The number of aromatic hydroxyl groups is 1. The SMILES string of the molecule is O=C1C(=Cc2ccc(Cl)cc2)C=C(c2ccccc2)N1c1ccccc1O. The molecule has 0 radical (unpaired) electrons. The van der Waals surface area contributed by atoms with Crippen LogP contribution in [-0.4, -0.2) is 11.0 Å². The number of halogens is 1. The molecule has 0 bridgehead atoms. The van der Waals surface area contributed by atoms with Crippen molar-refractivity contribution in [3.05, 3.63) is 107 Å². The van der Waals surface area contributed by atoms with Gasteiger partial charge in [0.25, 0.3) is 5.91 Å². The van der Waals surface area contributed by atoms with Crippen LogP contribution in [0.3, 0.4) is 0 Å². The van der Waals surface area contributed by atoms with Gasteiger partial charge in [-0.1, -0.05) is 66.2 Å². The van der Waals surface area contributed by atoms with Crippen molar-refractivity contribution < 1.29 is 9.90 Å². The van der Waals surface area contributed by atoms with Gasteiger partial charge in [0.1, 0.15) is 5.75 Å². The van der Waals surface area contributed by atoms with Crippen molar-refractivity contribution in [3.63, 3.8) is 0 Å². The Morgan fingerprint density at radius 1 is 0.852 bits per heavy atom. The molecule has 4 rings (SSSR count). The lowest BCUT2D eigenvalue weighted by molar-refractivity contribution is -0.113. The third-order valence-electron chi connectivity index (χ3n) is 4.37. The molecule has 1 amide bonds. The van der Waals surface area contributed by atoms with Crippen LogP contribution in [0.15, 0.2) is 90.5 Å². The molecule has 0 saturated heterocycles. The van der Waals surface area contributed by atoms with Crippen LogP contribution in [0.25, 0.3) is 11.8 Å². The molecule has 0 spiro atoms. The fourth-order valence-corrected chi connectivity index (χ4v) is 3.19. The van der Waals surface area contributed by atoms with Gasteiger partial charge >= 0.3 is 0 Å². The van der Waals surface area contributed by atoms with E-state index in [2.05, 4.69) is 0 Å². The quantitative estimate of drug-likeness (QED) is 0.614. The second kappa shape index (κ2) is 7.14. The summed E-state index contributed by atoms with van der Waals surface area (Å²) in [5.74, 6) is -0.134. The number of phenolic OH excluding ortho intramolecular Hbond substituents is 1. The average molecular weight is 374 g/mol. The van der Waals surface area contributed by atoms with Crippen molar-refractivity contribution in [1.29, 1.82) is 0 Å². The van der Waals surface area contributed by atoms with Crippen LogP contribution in [0.2, 0.25) is 5.02 Å². The largest absolute Gasteiger partial charge is 0.506 e. The Hall–Kier alpha value is -3.30. The van der Waals surface area contributed by atoms with E-state index in [0.29, 0.717) is 16.3 Å². The van der Waals surface area contributed by atoms with E-state index in [0.717, 1.165) is 16.8 Å². The molecule has 27 heavy (non-hydrogen) atoms. The summed E-state index contributed by atoms with van der Waals surface area (Å²) in [5, 5.41) is 10.9. The molecule has 1 heterocycles. The molecular weight excluding hydrogens is 358 g/mol. The number of hydrogen-bond donors (Lipinski definition) is 1. The Morgan fingerprint density at radius 2 is 1.52 bits per heavy atom. The minimum atomic E-state index is -0.190. The monoisotopic (exact) mass is 373 g/mol. The van der Waals surface area contributed by atoms with Crippen LogP contribution in [0.1, 0.15) is 11.1 Å². The van der Waals surface area contributed by atoms with Crippen LogP contribution in [0, 0.1) is 0 Å².